The van der Waals surface area contributed by atoms with Gasteiger partial charge in [0.05, 0.1) is 0 Å². The Labute approximate surface area is 101 Å². The minimum atomic E-state index is -0.245. The molecule has 0 spiro atoms. The lowest BCUT2D eigenvalue weighted by molar-refractivity contribution is 0.470. The molecule has 1 rings (SSSR count). The average molecular weight is 245 g/mol. The van der Waals surface area contributed by atoms with Crippen molar-refractivity contribution in [3.05, 3.63) is 34.1 Å². The van der Waals surface area contributed by atoms with Crippen LogP contribution in [0.4, 0.5) is 4.39 Å². The van der Waals surface area contributed by atoms with Crippen LogP contribution in [0.2, 0.25) is 5.02 Å². The summed E-state index contributed by atoms with van der Waals surface area (Å²) in [6, 6.07) is 3.17. The zero-order chi connectivity index (χ0) is 12.3. The summed E-state index contributed by atoms with van der Waals surface area (Å²) in [6.07, 6.45) is 0. The molecule has 0 aliphatic carbocycles. The summed E-state index contributed by atoms with van der Waals surface area (Å²) in [5.74, 6) is -0.222. The molecule has 0 saturated carbocycles. The van der Waals surface area contributed by atoms with E-state index in [0.29, 0.717) is 23.8 Å². The Balaban J connectivity index is 3.07. The van der Waals surface area contributed by atoms with Crippen molar-refractivity contribution in [1.29, 1.82) is 0 Å². The molecule has 2 nitrogen and oxygen atoms in total. The minimum absolute atomic E-state index is 0.222. The van der Waals surface area contributed by atoms with Gasteiger partial charge < -0.3 is 11.1 Å². The molecule has 3 N–H and O–H groups in total. The first-order valence-electron chi connectivity index (χ1n) is 5.25. The average Bonchev–Trinajstić information content (AvgIpc) is 2.20. The molecule has 0 fully saturated rings. The lowest BCUT2D eigenvalue weighted by Gasteiger charge is -2.27. The van der Waals surface area contributed by atoms with E-state index in [1.54, 1.807) is 13.0 Å². The Hall–Kier alpha value is -0.640. The molecule has 0 heterocycles. The first-order chi connectivity index (χ1) is 7.38. The normalized spacial score (nSPS) is 11.9. The zero-order valence-electron chi connectivity index (χ0n) is 9.90. The van der Waals surface area contributed by atoms with Crippen molar-refractivity contribution < 1.29 is 4.39 Å². The van der Waals surface area contributed by atoms with Crippen LogP contribution in [0.1, 0.15) is 25.0 Å². The molecule has 0 atom stereocenters. The molecule has 0 aliphatic rings. The van der Waals surface area contributed by atoms with Gasteiger partial charge in [-0.3, -0.25) is 0 Å². The standard InChI is InChI=1S/C12H18ClFN2/c1-8-4-10(13)9(5-11(8)14)12(2,3)6-16-7-15/h4-5,16H,6-7,15H2,1-3H3. The fourth-order valence-electron chi connectivity index (χ4n) is 1.64. The Morgan fingerprint density at radius 1 is 1.44 bits per heavy atom. The lowest BCUT2D eigenvalue weighted by atomic mass is 9.84. The Morgan fingerprint density at radius 3 is 2.62 bits per heavy atom. The molecule has 1 aromatic carbocycles. The van der Waals surface area contributed by atoms with Gasteiger partial charge in [0.25, 0.3) is 0 Å². The number of benzene rings is 1. The maximum absolute atomic E-state index is 13.5. The maximum atomic E-state index is 13.5. The van der Waals surface area contributed by atoms with Crippen LogP contribution in [0.15, 0.2) is 12.1 Å². The van der Waals surface area contributed by atoms with Crippen LogP contribution < -0.4 is 11.1 Å². The van der Waals surface area contributed by atoms with E-state index in [4.69, 9.17) is 17.3 Å². The van der Waals surface area contributed by atoms with Crippen LogP contribution in [0.25, 0.3) is 0 Å². The van der Waals surface area contributed by atoms with E-state index in [1.807, 2.05) is 13.8 Å². The van der Waals surface area contributed by atoms with E-state index in [-0.39, 0.29) is 11.2 Å². The van der Waals surface area contributed by atoms with Crippen molar-refractivity contribution in [2.45, 2.75) is 26.2 Å². The SMILES string of the molecule is Cc1cc(Cl)c(C(C)(C)CNCN)cc1F. The minimum Gasteiger partial charge on any atom is -0.318 e. The van der Waals surface area contributed by atoms with Crippen molar-refractivity contribution in [3.8, 4) is 0 Å². The molecule has 0 unspecified atom stereocenters. The van der Waals surface area contributed by atoms with Gasteiger partial charge in [0, 0.05) is 23.7 Å². The molecule has 90 valence electrons. The Kier molecular flexibility index (Phi) is 4.30. The van der Waals surface area contributed by atoms with Crippen molar-refractivity contribution in [2.75, 3.05) is 13.2 Å². The van der Waals surface area contributed by atoms with E-state index in [0.717, 1.165) is 5.56 Å². The number of halogens is 2. The van der Waals surface area contributed by atoms with Crippen molar-refractivity contribution in [3.63, 3.8) is 0 Å². The molecule has 16 heavy (non-hydrogen) atoms. The molecule has 4 heteroatoms. The first-order valence-corrected chi connectivity index (χ1v) is 5.63. The summed E-state index contributed by atoms with van der Waals surface area (Å²) in [6.45, 7) is 6.77. The second kappa shape index (κ2) is 5.13. The number of nitrogens with one attached hydrogen (secondary N) is 1. The fourth-order valence-corrected chi connectivity index (χ4v) is 2.12. The molecular weight excluding hydrogens is 227 g/mol. The van der Waals surface area contributed by atoms with E-state index < -0.39 is 0 Å². The van der Waals surface area contributed by atoms with Gasteiger partial charge in [0.15, 0.2) is 0 Å². The quantitative estimate of drug-likeness (QED) is 0.799. The van der Waals surface area contributed by atoms with Crippen molar-refractivity contribution in [2.24, 2.45) is 5.73 Å². The molecule has 0 amide bonds. The molecule has 1 aromatic rings. The van der Waals surface area contributed by atoms with Gasteiger partial charge in [-0.25, -0.2) is 4.39 Å². The van der Waals surface area contributed by atoms with Crippen molar-refractivity contribution in [1.82, 2.24) is 5.32 Å². The van der Waals surface area contributed by atoms with Gasteiger partial charge in [-0.1, -0.05) is 25.4 Å². The smallest absolute Gasteiger partial charge is 0.126 e. The van der Waals surface area contributed by atoms with E-state index >= 15 is 0 Å². The Morgan fingerprint density at radius 2 is 2.06 bits per heavy atom. The highest BCUT2D eigenvalue weighted by molar-refractivity contribution is 6.31. The molecule has 0 radical (unpaired) electrons. The number of aryl methyl sites for hydroxylation is 1. The molecule has 0 aliphatic heterocycles. The summed E-state index contributed by atoms with van der Waals surface area (Å²) in [4.78, 5) is 0. The third-order valence-corrected chi connectivity index (χ3v) is 3.00. The van der Waals surface area contributed by atoms with Crippen LogP contribution in [-0.2, 0) is 5.41 Å². The third-order valence-electron chi connectivity index (χ3n) is 2.69. The third kappa shape index (κ3) is 2.94. The second-order valence-electron chi connectivity index (χ2n) is 4.60. The summed E-state index contributed by atoms with van der Waals surface area (Å²) in [5, 5.41) is 3.64. The Bertz CT molecular complexity index is 378. The lowest BCUT2D eigenvalue weighted by Crippen LogP contribution is -2.36. The van der Waals surface area contributed by atoms with Gasteiger partial charge in [-0.05, 0) is 30.2 Å². The highest BCUT2D eigenvalue weighted by Crippen LogP contribution is 2.31. The molecular formula is C12H18ClFN2. The van der Waals surface area contributed by atoms with Gasteiger partial charge in [-0.2, -0.15) is 0 Å². The predicted molar refractivity (Wildman–Crippen MR) is 66.2 cm³/mol. The van der Waals surface area contributed by atoms with Crippen LogP contribution >= 0.6 is 11.6 Å². The van der Waals surface area contributed by atoms with Gasteiger partial charge in [0.1, 0.15) is 5.82 Å². The van der Waals surface area contributed by atoms with Gasteiger partial charge in [0.2, 0.25) is 0 Å². The van der Waals surface area contributed by atoms with E-state index in [1.165, 1.54) is 6.07 Å². The van der Waals surface area contributed by atoms with Crippen LogP contribution in [0.3, 0.4) is 0 Å². The van der Waals surface area contributed by atoms with E-state index in [2.05, 4.69) is 5.32 Å². The first kappa shape index (κ1) is 13.4. The van der Waals surface area contributed by atoms with Crippen LogP contribution in [-0.4, -0.2) is 13.2 Å². The second-order valence-corrected chi connectivity index (χ2v) is 5.00. The molecule has 0 bridgehead atoms. The number of hydrogen-bond acceptors (Lipinski definition) is 2. The maximum Gasteiger partial charge on any atom is 0.126 e. The van der Waals surface area contributed by atoms with Crippen LogP contribution in [0.5, 0.6) is 0 Å². The summed E-state index contributed by atoms with van der Waals surface area (Å²) in [5.41, 5.74) is 6.51. The van der Waals surface area contributed by atoms with Gasteiger partial charge >= 0.3 is 0 Å². The highest BCUT2D eigenvalue weighted by Gasteiger charge is 2.23. The summed E-state index contributed by atoms with van der Waals surface area (Å²) < 4.78 is 13.5. The molecule has 0 aromatic heterocycles. The number of hydrogen-bond donors (Lipinski definition) is 2. The number of nitrogens with two attached hydrogens (primary N) is 1. The van der Waals surface area contributed by atoms with Crippen LogP contribution in [0, 0.1) is 12.7 Å². The summed E-state index contributed by atoms with van der Waals surface area (Å²) >= 11 is 6.14. The van der Waals surface area contributed by atoms with Crippen molar-refractivity contribution >= 4 is 11.6 Å². The largest absolute Gasteiger partial charge is 0.318 e. The topological polar surface area (TPSA) is 38.0 Å². The zero-order valence-corrected chi connectivity index (χ0v) is 10.7. The highest BCUT2D eigenvalue weighted by atomic mass is 35.5. The number of rotatable bonds is 4. The van der Waals surface area contributed by atoms with Gasteiger partial charge in [-0.15, -0.1) is 0 Å². The molecule has 0 saturated heterocycles. The monoisotopic (exact) mass is 244 g/mol. The predicted octanol–water partition coefficient (Wildman–Crippen LogP) is 2.57. The fraction of sp³-hybridized carbons (Fsp3) is 0.500. The summed E-state index contributed by atoms with van der Waals surface area (Å²) in [7, 11) is 0. The van der Waals surface area contributed by atoms with E-state index in [9.17, 15) is 4.39 Å².